The number of likely N-dealkylation sites (tertiary alicyclic amines) is 1. The van der Waals surface area contributed by atoms with Gasteiger partial charge in [0.05, 0.1) is 7.11 Å². The van der Waals surface area contributed by atoms with E-state index in [1.165, 1.54) is 7.11 Å². The van der Waals surface area contributed by atoms with Crippen molar-refractivity contribution in [3.63, 3.8) is 0 Å². The smallest absolute Gasteiger partial charge is 0.327 e. The largest absolute Gasteiger partial charge is 0.468 e. The van der Waals surface area contributed by atoms with Gasteiger partial charge in [0.15, 0.2) is 0 Å². The fourth-order valence-electron chi connectivity index (χ4n) is 3.72. The van der Waals surface area contributed by atoms with Crippen LogP contribution in [0.15, 0.2) is 30.6 Å². The molecule has 3 rings (SSSR count). The maximum absolute atomic E-state index is 12.5. The lowest BCUT2D eigenvalue weighted by molar-refractivity contribution is -0.147. The standard InChI is InChI=1S/C19H26N4O2/c1-4-22-13-20-21-18(22)15-9-11-23(12-10-15)17(19(24)25-3)16-8-6-5-7-14(16)2/h5-8,13,15,17H,4,9-12H2,1-3H3/t17-/m1/s1. The van der Waals surface area contributed by atoms with Crippen LogP contribution in [0.2, 0.25) is 0 Å². The highest BCUT2D eigenvalue weighted by molar-refractivity contribution is 5.78. The lowest BCUT2D eigenvalue weighted by Gasteiger charge is -2.36. The number of esters is 1. The van der Waals surface area contributed by atoms with Crippen LogP contribution >= 0.6 is 0 Å². The third-order valence-corrected chi connectivity index (χ3v) is 5.15. The second-order valence-corrected chi connectivity index (χ2v) is 6.57. The Morgan fingerprint density at radius 1 is 1.32 bits per heavy atom. The summed E-state index contributed by atoms with van der Waals surface area (Å²) in [7, 11) is 1.46. The van der Waals surface area contributed by atoms with Gasteiger partial charge in [0.25, 0.3) is 0 Å². The minimum atomic E-state index is -0.337. The molecule has 0 saturated carbocycles. The average Bonchev–Trinajstić information content (AvgIpc) is 3.12. The monoisotopic (exact) mass is 342 g/mol. The minimum absolute atomic E-state index is 0.190. The molecule has 0 aliphatic carbocycles. The van der Waals surface area contributed by atoms with Gasteiger partial charge in [-0.25, -0.2) is 4.79 Å². The number of carbonyl (C=O) groups excluding carboxylic acids is 1. The lowest BCUT2D eigenvalue weighted by Crippen LogP contribution is -2.40. The van der Waals surface area contributed by atoms with E-state index in [0.29, 0.717) is 5.92 Å². The Labute approximate surface area is 148 Å². The van der Waals surface area contributed by atoms with E-state index in [0.717, 1.165) is 49.4 Å². The number of hydrogen-bond acceptors (Lipinski definition) is 5. The van der Waals surface area contributed by atoms with E-state index in [9.17, 15) is 4.79 Å². The average molecular weight is 342 g/mol. The molecule has 1 aliphatic rings. The number of hydrogen-bond donors (Lipinski definition) is 0. The van der Waals surface area contributed by atoms with Crippen molar-refractivity contribution < 1.29 is 9.53 Å². The molecule has 0 N–H and O–H groups in total. The Morgan fingerprint density at radius 2 is 2.04 bits per heavy atom. The Kier molecular flexibility index (Phi) is 5.48. The summed E-state index contributed by atoms with van der Waals surface area (Å²) >= 11 is 0. The first kappa shape index (κ1) is 17.6. The number of carbonyl (C=O) groups is 1. The van der Waals surface area contributed by atoms with Gasteiger partial charge < -0.3 is 9.30 Å². The van der Waals surface area contributed by atoms with Crippen LogP contribution in [0.3, 0.4) is 0 Å². The highest BCUT2D eigenvalue weighted by atomic mass is 16.5. The molecule has 6 nitrogen and oxygen atoms in total. The number of methoxy groups -OCH3 is 1. The zero-order valence-electron chi connectivity index (χ0n) is 15.2. The first-order chi connectivity index (χ1) is 12.2. The van der Waals surface area contributed by atoms with Crippen LogP contribution < -0.4 is 0 Å². The summed E-state index contributed by atoms with van der Waals surface area (Å²) in [6, 6.07) is 7.71. The number of benzene rings is 1. The summed E-state index contributed by atoms with van der Waals surface area (Å²) in [6.45, 7) is 6.72. The number of ether oxygens (including phenoxy) is 1. The number of nitrogens with zero attached hydrogens (tertiary/aromatic N) is 4. The molecule has 1 aromatic carbocycles. The second kappa shape index (κ2) is 7.78. The molecular weight excluding hydrogens is 316 g/mol. The van der Waals surface area contributed by atoms with Gasteiger partial charge in [-0.15, -0.1) is 10.2 Å². The van der Waals surface area contributed by atoms with Gasteiger partial charge in [-0.2, -0.15) is 0 Å². The zero-order valence-corrected chi connectivity index (χ0v) is 15.2. The van der Waals surface area contributed by atoms with Crippen LogP contribution in [0.5, 0.6) is 0 Å². The topological polar surface area (TPSA) is 60.2 Å². The summed E-state index contributed by atoms with van der Waals surface area (Å²) in [5.41, 5.74) is 2.15. The lowest BCUT2D eigenvalue weighted by atomic mass is 9.92. The van der Waals surface area contributed by atoms with E-state index >= 15 is 0 Å². The van der Waals surface area contributed by atoms with E-state index in [-0.39, 0.29) is 12.0 Å². The van der Waals surface area contributed by atoms with Crippen molar-refractivity contribution in [3.05, 3.63) is 47.5 Å². The van der Waals surface area contributed by atoms with Gasteiger partial charge in [0.2, 0.25) is 0 Å². The molecule has 1 atom stereocenters. The third kappa shape index (κ3) is 3.58. The molecule has 0 bridgehead atoms. The molecule has 2 heterocycles. The second-order valence-electron chi connectivity index (χ2n) is 6.57. The van der Waals surface area contributed by atoms with Crippen LogP contribution in [0.1, 0.15) is 48.7 Å². The van der Waals surface area contributed by atoms with Crippen LogP contribution in [0.25, 0.3) is 0 Å². The Balaban J connectivity index is 1.77. The molecule has 0 radical (unpaired) electrons. The summed E-state index contributed by atoms with van der Waals surface area (Å²) in [4.78, 5) is 14.7. The van der Waals surface area contributed by atoms with Crippen LogP contribution in [0.4, 0.5) is 0 Å². The summed E-state index contributed by atoms with van der Waals surface area (Å²) in [6.07, 6.45) is 3.74. The van der Waals surface area contributed by atoms with Gasteiger partial charge >= 0.3 is 5.97 Å². The van der Waals surface area contributed by atoms with E-state index in [1.54, 1.807) is 6.33 Å². The maximum atomic E-state index is 12.5. The maximum Gasteiger partial charge on any atom is 0.327 e. The third-order valence-electron chi connectivity index (χ3n) is 5.15. The highest BCUT2D eigenvalue weighted by Crippen LogP contribution is 2.33. The van der Waals surface area contributed by atoms with Gasteiger partial charge in [0.1, 0.15) is 18.2 Å². The van der Waals surface area contributed by atoms with Crippen molar-refractivity contribution in [1.29, 1.82) is 0 Å². The summed E-state index contributed by atoms with van der Waals surface area (Å²) < 4.78 is 7.21. The van der Waals surface area contributed by atoms with Crippen molar-refractivity contribution >= 4 is 5.97 Å². The van der Waals surface area contributed by atoms with E-state index in [2.05, 4.69) is 26.6 Å². The van der Waals surface area contributed by atoms with Crippen molar-refractivity contribution in [2.75, 3.05) is 20.2 Å². The van der Waals surface area contributed by atoms with Gasteiger partial charge in [-0.3, -0.25) is 4.90 Å². The SMILES string of the molecule is CCn1cnnc1C1CCN([C@@H](C(=O)OC)c2ccccc2C)CC1. The predicted octanol–water partition coefficient (Wildman–Crippen LogP) is 2.70. The normalized spacial score (nSPS) is 17.4. The molecule has 0 unspecified atom stereocenters. The molecule has 1 aromatic heterocycles. The fraction of sp³-hybridized carbons (Fsp3) is 0.526. The first-order valence-corrected chi connectivity index (χ1v) is 8.90. The van der Waals surface area contributed by atoms with Crippen LogP contribution in [-0.2, 0) is 16.1 Å². The van der Waals surface area contributed by atoms with Crippen LogP contribution in [0, 0.1) is 6.92 Å². The van der Waals surface area contributed by atoms with Crippen molar-refractivity contribution in [2.24, 2.45) is 0 Å². The minimum Gasteiger partial charge on any atom is -0.468 e. The van der Waals surface area contributed by atoms with Crippen molar-refractivity contribution in [3.8, 4) is 0 Å². The van der Waals surface area contributed by atoms with E-state index < -0.39 is 0 Å². The number of rotatable bonds is 5. The molecule has 25 heavy (non-hydrogen) atoms. The van der Waals surface area contributed by atoms with Gasteiger partial charge in [-0.1, -0.05) is 24.3 Å². The molecule has 0 amide bonds. The van der Waals surface area contributed by atoms with E-state index in [1.807, 2.05) is 31.2 Å². The molecule has 2 aromatic rings. The van der Waals surface area contributed by atoms with Crippen molar-refractivity contribution in [1.82, 2.24) is 19.7 Å². The predicted molar refractivity (Wildman–Crippen MR) is 95.2 cm³/mol. The molecule has 0 spiro atoms. The quantitative estimate of drug-likeness (QED) is 0.782. The zero-order chi connectivity index (χ0) is 17.8. The Bertz CT molecular complexity index is 720. The number of piperidine rings is 1. The molecule has 1 saturated heterocycles. The van der Waals surface area contributed by atoms with Gasteiger partial charge in [-0.05, 0) is 50.9 Å². The van der Waals surface area contributed by atoms with Crippen LogP contribution in [-0.4, -0.2) is 45.8 Å². The molecular formula is C19H26N4O2. The number of aryl methyl sites for hydroxylation is 2. The van der Waals surface area contributed by atoms with Gasteiger partial charge in [0, 0.05) is 12.5 Å². The summed E-state index contributed by atoms with van der Waals surface area (Å²) in [5, 5.41) is 8.36. The first-order valence-electron chi connectivity index (χ1n) is 8.90. The molecule has 134 valence electrons. The molecule has 1 aliphatic heterocycles. The van der Waals surface area contributed by atoms with E-state index in [4.69, 9.17) is 4.74 Å². The molecule has 6 heteroatoms. The Hall–Kier alpha value is -2.21. The Morgan fingerprint density at radius 3 is 2.68 bits per heavy atom. The summed E-state index contributed by atoms with van der Waals surface area (Å²) in [5.74, 6) is 1.27. The highest BCUT2D eigenvalue weighted by Gasteiger charge is 2.34. The fourth-order valence-corrected chi connectivity index (χ4v) is 3.72. The number of aromatic nitrogens is 3. The molecule has 1 fully saturated rings. The van der Waals surface area contributed by atoms with Crippen molar-refractivity contribution in [2.45, 2.75) is 45.2 Å².